The van der Waals surface area contributed by atoms with E-state index < -0.39 is 17.5 Å². The minimum atomic E-state index is -1.26. The summed E-state index contributed by atoms with van der Waals surface area (Å²) in [5.41, 5.74) is 0.493. The van der Waals surface area contributed by atoms with Gasteiger partial charge in [0, 0.05) is 0 Å². The Hall–Kier alpha value is -1.55. The highest BCUT2D eigenvalue weighted by Crippen LogP contribution is 2.43. The van der Waals surface area contributed by atoms with E-state index in [2.05, 4.69) is 0 Å². The average Bonchev–Trinajstić information content (AvgIpc) is 2.44. The third-order valence-corrected chi connectivity index (χ3v) is 4.23. The molecule has 1 aromatic rings. The van der Waals surface area contributed by atoms with Crippen molar-refractivity contribution in [2.75, 3.05) is 7.11 Å². The maximum absolute atomic E-state index is 11.5. The lowest BCUT2D eigenvalue weighted by Gasteiger charge is -2.39. The normalized spacial score (nSPS) is 22.9. The Morgan fingerprint density at radius 2 is 2.25 bits per heavy atom. The fraction of sp³-hybridized carbons (Fsp3) is 0.562. The number of fused-ring (bicyclic) bond motifs is 1. The topological polar surface area (TPSA) is 66.8 Å². The quantitative estimate of drug-likeness (QED) is 0.869. The molecule has 2 unspecified atom stereocenters. The molecule has 0 heterocycles. The molecule has 4 nitrogen and oxygen atoms in total. The SMILES string of the molecule is CCCC(C(=O)O)C1(O)CCCc2cc(OC)ccc21. The van der Waals surface area contributed by atoms with E-state index in [1.165, 1.54) is 0 Å². The van der Waals surface area contributed by atoms with Crippen molar-refractivity contribution in [3.63, 3.8) is 0 Å². The average molecular weight is 278 g/mol. The first kappa shape index (κ1) is 14.9. The molecule has 20 heavy (non-hydrogen) atoms. The molecule has 0 radical (unpaired) electrons. The van der Waals surface area contributed by atoms with Gasteiger partial charge in [0.05, 0.1) is 13.0 Å². The van der Waals surface area contributed by atoms with Gasteiger partial charge in [-0.1, -0.05) is 19.4 Å². The van der Waals surface area contributed by atoms with E-state index in [1.54, 1.807) is 13.2 Å². The molecule has 1 aliphatic rings. The summed E-state index contributed by atoms with van der Waals surface area (Å²) in [7, 11) is 1.61. The van der Waals surface area contributed by atoms with Crippen molar-refractivity contribution >= 4 is 5.97 Å². The Balaban J connectivity index is 2.46. The number of benzene rings is 1. The van der Waals surface area contributed by atoms with Crippen molar-refractivity contribution in [1.29, 1.82) is 0 Å². The molecule has 0 fully saturated rings. The van der Waals surface area contributed by atoms with Crippen LogP contribution in [-0.2, 0) is 16.8 Å². The first-order chi connectivity index (χ1) is 9.52. The largest absolute Gasteiger partial charge is 0.497 e. The number of carbonyl (C=O) groups is 1. The zero-order chi connectivity index (χ0) is 14.8. The number of rotatable bonds is 5. The molecule has 0 saturated carbocycles. The van der Waals surface area contributed by atoms with Crippen molar-refractivity contribution in [3.8, 4) is 5.75 Å². The van der Waals surface area contributed by atoms with E-state index in [1.807, 2.05) is 19.1 Å². The second kappa shape index (κ2) is 5.83. The van der Waals surface area contributed by atoms with Crippen molar-refractivity contribution in [1.82, 2.24) is 0 Å². The number of hydrogen-bond donors (Lipinski definition) is 2. The van der Waals surface area contributed by atoms with Gasteiger partial charge in [0.15, 0.2) is 0 Å². The summed E-state index contributed by atoms with van der Waals surface area (Å²) in [6.45, 7) is 1.94. The van der Waals surface area contributed by atoms with Gasteiger partial charge in [-0.15, -0.1) is 0 Å². The number of carboxylic acid groups (broad SMARTS) is 1. The van der Waals surface area contributed by atoms with E-state index in [9.17, 15) is 15.0 Å². The molecule has 2 N–H and O–H groups in total. The van der Waals surface area contributed by atoms with Crippen molar-refractivity contribution in [3.05, 3.63) is 29.3 Å². The van der Waals surface area contributed by atoms with Gasteiger partial charge >= 0.3 is 5.97 Å². The summed E-state index contributed by atoms with van der Waals surface area (Å²) >= 11 is 0. The number of carboxylic acids is 1. The number of aryl methyl sites for hydroxylation is 1. The zero-order valence-electron chi connectivity index (χ0n) is 12.1. The molecular formula is C16H22O4. The highest BCUT2D eigenvalue weighted by molar-refractivity contribution is 5.72. The van der Waals surface area contributed by atoms with Gasteiger partial charge in [0.2, 0.25) is 0 Å². The van der Waals surface area contributed by atoms with Crippen LogP contribution in [0.3, 0.4) is 0 Å². The molecule has 1 aliphatic carbocycles. The van der Waals surface area contributed by atoms with Crippen LogP contribution >= 0.6 is 0 Å². The number of aliphatic hydroxyl groups is 1. The van der Waals surface area contributed by atoms with Crippen LogP contribution in [0.15, 0.2) is 18.2 Å². The highest BCUT2D eigenvalue weighted by atomic mass is 16.5. The lowest BCUT2D eigenvalue weighted by Crippen LogP contribution is -2.42. The molecule has 0 spiro atoms. The van der Waals surface area contributed by atoms with E-state index in [0.29, 0.717) is 12.8 Å². The molecule has 0 aliphatic heterocycles. The number of hydrogen-bond acceptors (Lipinski definition) is 3. The lowest BCUT2D eigenvalue weighted by atomic mass is 9.70. The van der Waals surface area contributed by atoms with Crippen LogP contribution < -0.4 is 4.74 Å². The smallest absolute Gasteiger partial charge is 0.309 e. The molecule has 0 aromatic heterocycles. The molecular weight excluding hydrogens is 256 g/mol. The van der Waals surface area contributed by atoms with E-state index in [0.717, 1.165) is 36.1 Å². The molecule has 0 saturated heterocycles. The van der Waals surface area contributed by atoms with Crippen LogP contribution in [0, 0.1) is 5.92 Å². The zero-order valence-corrected chi connectivity index (χ0v) is 12.1. The molecule has 2 atom stereocenters. The third kappa shape index (κ3) is 2.52. The Labute approximate surface area is 119 Å². The fourth-order valence-corrected chi connectivity index (χ4v) is 3.23. The van der Waals surface area contributed by atoms with Gasteiger partial charge in [-0.25, -0.2) is 0 Å². The van der Waals surface area contributed by atoms with Gasteiger partial charge in [0.1, 0.15) is 11.4 Å². The molecule has 0 bridgehead atoms. The minimum Gasteiger partial charge on any atom is -0.497 e. The summed E-state index contributed by atoms with van der Waals surface area (Å²) in [4.78, 5) is 11.5. The Bertz CT molecular complexity index is 497. The number of ether oxygens (including phenoxy) is 1. The Morgan fingerprint density at radius 3 is 2.85 bits per heavy atom. The van der Waals surface area contributed by atoms with Gasteiger partial charge < -0.3 is 14.9 Å². The standard InChI is InChI=1S/C16H22O4/c1-3-5-14(15(17)18)16(19)9-4-6-11-10-12(20-2)7-8-13(11)16/h7-8,10,14,19H,3-6,9H2,1-2H3,(H,17,18). The molecule has 4 heteroatoms. The molecule has 1 aromatic carbocycles. The minimum absolute atomic E-state index is 0.483. The van der Waals surface area contributed by atoms with Crippen LogP contribution in [0.2, 0.25) is 0 Å². The fourth-order valence-electron chi connectivity index (χ4n) is 3.23. The van der Waals surface area contributed by atoms with Crippen molar-refractivity contribution in [2.45, 2.75) is 44.6 Å². The highest BCUT2D eigenvalue weighted by Gasteiger charge is 2.44. The van der Waals surface area contributed by atoms with E-state index in [4.69, 9.17) is 4.74 Å². The summed E-state index contributed by atoms with van der Waals surface area (Å²) in [6, 6.07) is 5.52. The Morgan fingerprint density at radius 1 is 1.50 bits per heavy atom. The first-order valence-electron chi connectivity index (χ1n) is 7.15. The maximum atomic E-state index is 11.5. The van der Waals surface area contributed by atoms with Crippen LogP contribution in [0.1, 0.15) is 43.7 Å². The molecule has 0 amide bonds. The van der Waals surface area contributed by atoms with Gasteiger partial charge in [-0.05, 0) is 48.9 Å². The maximum Gasteiger partial charge on any atom is 0.309 e. The van der Waals surface area contributed by atoms with Crippen molar-refractivity contribution in [2.24, 2.45) is 5.92 Å². The monoisotopic (exact) mass is 278 g/mol. The first-order valence-corrected chi connectivity index (χ1v) is 7.15. The second-order valence-electron chi connectivity index (χ2n) is 5.48. The van der Waals surface area contributed by atoms with Crippen molar-refractivity contribution < 1.29 is 19.7 Å². The second-order valence-corrected chi connectivity index (χ2v) is 5.48. The predicted molar refractivity (Wildman–Crippen MR) is 75.9 cm³/mol. The van der Waals surface area contributed by atoms with E-state index >= 15 is 0 Å². The molecule has 110 valence electrons. The third-order valence-electron chi connectivity index (χ3n) is 4.23. The van der Waals surface area contributed by atoms with Crippen LogP contribution in [0.25, 0.3) is 0 Å². The van der Waals surface area contributed by atoms with Crippen LogP contribution in [0.4, 0.5) is 0 Å². The van der Waals surface area contributed by atoms with Crippen LogP contribution in [0.5, 0.6) is 5.75 Å². The summed E-state index contributed by atoms with van der Waals surface area (Å²) in [6.07, 6.45) is 3.38. The summed E-state index contributed by atoms with van der Waals surface area (Å²) in [5.74, 6) is -0.923. The van der Waals surface area contributed by atoms with E-state index in [-0.39, 0.29) is 0 Å². The predicted octanol–water partition coefficient (Wildman–Crippen LogP) is 2.72. The van der Waals surface area contributed by atoms with Gasteiger partial charge in [-0.3, -0.25) is 4.79 Å². The summed E-state index contributed by atoms with van der Waals surface area (Å²) in [5, 5.41) is 20.5. The number of methoxy groups -OCH3 is 1. The lowest BCUT2D eigenvalue weighted by molar-refractivity contribution is -0.155. The van der Waals surface area contributed by atoms with Crippen LogP contribution in [-0.4, -0.2) is 23.3 Å². The van der Waals surface area contributed by atoms with Gasteiger partial charge in [0.25, 0.3) is 0 Å². The van der Waals surface area contributed by atoms with Gasteiger partial charge in [-0.2, -0.15) is 0 Å². The Kier molecular flexibility index (Phi) is 4.33. The number of aliphatic carboxylic acids is 1. The summed E-state index contributed by atoms with van der Waals surface area (Å²) < 4.78 is 5.21. The molecule has 2 rings (SSSR count).